The smallest absolute Gasteiger partial charge is 0.321 e. The summed E-state index contributed by atoms with van der Waals surface area (Å²) in [4.78, 5) is 40.1. The van der Waals surface area contributed by atoms with Crippen molar-refractivity contribution in [1.29, 1.82) is 0 Å². The Morgan fingerprint density at radius 1 is 0.931 bits per heavy atom. The number of amides is 4. The van der Waals surface area contributed by atoms with Crippen molar-refractivity contribution in [2.45, 2.75) is 6.92 Å². The number of aromatic hydroxyl groups is 1. The number of benzene rings is 2. The number of phenols is 1. The van der Waals surface area contributed by atoms with Crippen molar-refractivity contribution in [3.8, 4) is 5.75 Å². The lowest BCUT2D eigenvalue weighted by molar-refractivity contribution is -0.131. The van der Waals surface area contributed by atoms with Gasteiger partial charge in [-0.3, -0.25) is 9.59 Å². The Balaban J connectivity index is 1.44. The van der Waals surface area contributed by atoms with Crippen LogP contribution in [0.3, 0.4) is 0 Å². The van der Waals surface area contributed by atoms with Gasteiger partial charge in [-0.1, -0.05) is 18.2 Å². The van der Waals surface area contributed by atoms with Crippen LogP contribution in [0.15, 0.2) is 48.5 Å². The number of urea groups is 1. The molecule has 0 atom stereocenters. The molecule has 1 heterocycles. The molecule has 0 aromatic heterocycles. The third kappa shape index (κ3) is 5.25. The van der Waals surface area contributed by atoms with Crippen LogP contribution in [-0.4, -0.2) is 65.5 Å². The highest BCUT2D eigenvalue weighted by molar-refractivity contribution is 5.96. The number of phenolic OH excluding ortho intramolecular Hbond substituents is 1. The summed E-state index contributed by atoms with van der Waals surface area (Å²) in [5, 5.41) is 14.7. The molecule has 1 aliphatic heterocycles. The molecule has 0 unspecified atom stereocenters. The maximum atomic E-state index is 12.4. The monoisotopic (exact) mass is 396 g/mol. The van der Waals surface area contributed by atoms with Gasteiger partial charge in [0.15, 0.2) is 0 Å². The molecule has 29 heavy (non-hydrogen) atoms. The summed E-state index contributed by atoms with van der Waals surface area (Å²) in [7, 11) is 0. The molecule has 1 saturated heterocycles. The van der Waals surface area contributed by atoms with E-state index in [4.69, 9.17) is 0 Å². The number of anilines is 1. The van der Waals surface area contributed by atoms with Crippen molar-refractivity contribution in [3.05, 3.63) is 59.7 Å². The summed E-state index contributed by atoms with van der Waals surface area (Å²) in [6.45, 7) is 3.49. The van der Waals surface area contributed by atoms with Gasteiger partial charge in [0.05, 0.1) is 6.54 Å². The molecule has 2 aromatic carbocycles. The van der Waals surface area contributed by atoms with Crippen LogP contribution in [0.4, 0.5) is 10.5 Å². The zero-order valence-electron chi connectivity index (χ0n) is 16.2. The quantitative estimate of drug-likeness (QED) is 0.733. The lowest BCUT2D eigenvalue weighted by Crippen LogP contribution is -2.53. The van der Waals surface area contributed by atoms with Crippen LogP contribution in [0.1, 0.15) is 15.9 Å². The van der Waals surface area contributed by atoms with Gasteiger partial charge in [-0.2, -0.15) is 0 Å². The van der Waals surface area contributed by atoms with Crippen molar-refractivity contribution in [2.75, 3.05) is 38.0 Å². The van der Waals surface area contributed by atoms with Crippen molar-refractivity contribution < 1.29 is 19.5 Å². The van der Waals surface area contributed by atoms with Gasteiger partial charge in [0.1, 0.15) is 5.75 Å². The van der Waals surface area contributed by atoms with E-state index in [1.54, 1.807) is 9.80 Å². The second-order valence-corrected chi connectivity index (χ2v) is 6.84. The summed E-state index contributed by atoms with van der Waals surface area (Å²) in [6.07, 6.45) is 0. The lowest BCUT2D eigenvalue weighted by atomic mass is 10.2. The summed E-state index contributed by atoms with van der Waals surface area (Å²) in [5.74, 6) is -0.507. The molecule has 0 radical (unpaired) electrons. The Morgan fingerprint density at radius 3 is 2.21 bits per heavy atom. The van der Waals surface area contributed by atoms with E-state index in [-0.39, 0.29) is 30.1 Å². The fourth-order valence-corrected chi connectivity index (χ4v) is 3.05. The number of hydrogen-bond acceptors (Lipinski definition) is 4. The van der Waals surface area contributed by atoms with Gasteiger partial charge in [-0.15, -0.1) is 0 Å². The molecule has 152 valence electrons. The van der Waals surface area contributed by atoms with Gasteiger partial charge in [-0.05, 0) is 42.8 Å². The Labute approximate surface area is 169 Å². The van der Waals surface area contributed by atoms with Gasteiger partial charge in [-0.25, -0.2) is 4.79 Å². The fraction of sp³-hybridized carbons (Fsp3) is 0.286. The van der Waals surface area contributed by atoms with Gasteiger partial charge in [0.25, 0.3) is 5.91 Å². The molecule has 8 heteroatoms. The minimum Gasteiger partial charge on any atom is -0.508 e. The maximum Gasteiger partial charge on any atom is 0.321 e. The van der Waals surface area contributed by atoms with E-state index < -0.39 is 0 Å². The first-order valence-corrected chi connectivity index (χ1v) is 9.40. The molecule has 0 saturated carbocycles. The van der Waals surface area contributed by atoms with E-state index in [0.29, 0.717) is 31.7 Å². The Hall–Kier alpha value is -3.55. The third-order valence-corrected chi connectivity index (χ3v) is 4.84. The van der Waals surface area contributed by atoms with E-state index in [9.17, 15) is 19.5 Å². The molecule has 0 spiro atoms. The van der Waals surface area contributed by atoms with Gasteiger partial charge >= 0.3 is 6.03 Å². The van der Waals surface area contributed by atoms with Crippen LogP contribution in [0, 0.1) is 6.92 Å². The molecule has 3 N–H and O–H groups in total. The van der Waals surface area contributed by atoms with Crippen LogP contribution < -0.4 is 10.6 Å². The van der Waals surface area contributed by atoms with Crippen LogP contribution >= 0.6 is 0 Å². The number of rotatable bonds is 4. The highest BCUT2D eigenvalue weighted by Crippen LogP contribution is 2.14. The Morgan fingerprint density at radius 2 is 1.55 bits per heavy atom. The molecular weight excluding hydrogens is 372 g/mol. The zero-order chi connectivity index (χ0) is 20.8. The van der Waals surface area contributed by atoms with Crippen LogP contribution in [0.25, 0.3) is 0 Å². The number of para-hydroxylation sites is 1. The number of carbonyl (C=O) groups excluding carboxylic acids is 3. The summed E-state index contributed by atoms with van der Waals surface area (Å²) in [6, 6.07) is 13.2. The summed E-state index contributed by atoms with van der Waals surface area (Å²) >= 11 is 0. The molecule has 1 fully saturated rings. The minimum absolute atomic E-state index is 0.0713. The zero-order valence-corrected chi connectivity index (χ0v) is 16.2. The molecule has 2 aromatic rings. The molecule has 0 aliphatic carbocycles. The second-order valence-electron chi connectivity index (χ2n) is 6.84. The van der Waals surface area contributed by atoms with E-state index in [1.807, 2.05) is 31.2 Å². The minimum atomic E-state index is -0.380. The largest absolute Gasteiger partial charge is 0.508 e. The van der Waals surface area contributed by atoms with Crippen LogP contribution in [-0.2, 0) is 4.79 Å². The van der Waals surface area contributed by atoms with Gasteiger partial charge in [0, 0.05) is 37.4 Å². The van der Waals surface area contributed by atoms with Crippen LogP contribution in [0.2, 0.25) is 0 Å². The first-order chi connectivity index (χ1) is 13.9. The number of nitrogens with zero attached hydrogens (tertiary/aromatic N) is 2. The standard InChI is InChI=1S/C21H24N4O4/c1-15-4-2-3-5-18(15)23-21(29)25-12-10-24(11-13-25)19(27)14-22-20(28)16-6-8-17(26)9-7-16/h2-9,26H,10-14H2,1H3,(H,22,28)(H,23,29). The number of aryl methyl sites for hydroxylation is 1. The number of carbonyl (C=O) groups is 3. The first-order valence-electron chi connectivity index (χ1n) is 9.40. The molecule has 1 aliphatic rings. The molecule has 0 bridgehead atoms. The highest BCUT2D eigenvalue weighted by atomic mass is 16.3. The molecular formula is C21H24N4O4. The van der Waals surface area contributed by atoms with Gasteiger partial charge < -0.3 is 25.5 Å². The van der Waals surface area contributed by atoms with E-state index in [0.717, 1.165) is 11.3 Å². The number of hydrogen-bond donors (Lipinski definition) is 3. The Kier molecular flexibility index (Phi) is 6.33. The van der Waals surface area contributed by atoms with E-state index in [2.05, 4.69) is 10.6 Å². The summed E-state index contributed by atoms with van der Waals surface area (Å²) < 4.78 is 0. The normalized spacial score (nSPS) is 13.7. The molecule has 3 rings (SSSR count). The van der Waals surface area contributed by atoms with Crippen molar-refractivity contribution >= 4 is 23.5 Å². The van der Waals surface area contributed by atoms with E-state index >= 15 is 0 Å². The lowest BCUT2D eigenvalue weighted by Gasteiger charge is -2.34. The average Bonchev–Trinajstić information content (AvgIpc) is 2.74. The van der Waals surface area contributed by atoms with Crippen molar-refractivity contribution in [1.82, 2.24) is 15.1 Å². The summed E-state index contributed by atoms with van der Waals surface area (Å²) in [5.41, 5.74) is 2.13. The number of nitrogens with one attached hydrogen (secondary N) is 2. The highest BCUT2D eigenvalue weighted by Gasteiger charge is 2.24. The third-order valence-electron chi connectivity index (χ3n) is 4.84. The number of piperazine rings is 1. The van der Waals surface area contributed by atoms with Crippen molar-refractivity contribution in [3.63, 3.8) is 0 Å². The molecule has 8 nitrogen and oxygen atoms in total. The predicted octanol–water partition coefficient (Wildman–Crippen LogP) is 1.81. The molecule has 4 amide bonds. The average molecular weight is 396 g/mol. The predicted molar refractivity (Wildman–Crippen MR) is 109 cm³/mol. The topological polar surface area (TPSA) is 102 Å². The Bertz CT molecular complexity index is 890. The maximum absolute atomic E-state index is 12.4. The van der Waals surface area contributed by atoms with Crippen molar-refractivity contribution in [2.24, 2.45) is 0 Å². The van der Waals surface area contributed by atoms with Gasteiger partial charge in [0.2, 0.25) is 5.91 Å². The van der Waals surface area contributed by atoms with Crippen LogP contribution in [0.5, 0.6) is 5.75 Å². The first kappa shape index (κ1) is 20.2. The van der Waals surface area contributed by atoms with E-state index in [1.165, 1.54) is 24.3 Å². The fourth-order valence-electron chi connectivity index (χ4n) is 3.05. The second kappa shape index (κ2) is 9.09. The SMILES string of the molecule is Cc1ccccc1NC(=O)N1CCN(C(=O)CNC(=O)c2ccc(O)cc2)CC1.